The van der Waals surface area contributed by atoms with Gasteiger partial charge in [0.05, 0.1) is 11.8 Å². The molecule has 112 valence electrons. The van der Waals surface area contributed by atoms with E-state index in [9.17, 15) is 4.79 Å². The molecule has 1 fully saturated rings. The molecule has 3 aromatic rings. The zero-order valence-corrected chi connectivity index (χ0v) is 12.9. The van der Waals surface area contributed by atoms with E-state index < -0.39 is 0 Å². The molecule has 0 saturated carbocycles. The smallest absolute Gasteiger partial charge is 0.254 e. The van der Waals surface area contributed by atoms with Gasteiger partial charge in [0.1, 0.15) is 0 Å². The molecule has 3 aromatic heterocycles. The fourth-order valence-corrected chi connectivity index (χ4v) is 3.63. The summed E-state index contributed by atoms with van der Waals surface area (Å²) in [5, 5.41) is 8.04. The number of fused-ring (bicyclic) bond motifs is 1. The lowest BCUT2D eigenvalue weighted by atomic mass is 9.93. The first-order chi connectivity index (χ1) is 10.8. The summed E-state index contributed by atoms with van der Waals surface area (Å²) in [5.41, 5.74) is 2.80. The molecule has 1 saturated heterocycles. The highest BCUT2D eigenvalue weighted by Gasteiger charge is 2.25. The Morgan fingerprint density at radius 1 is 1.23 bits per heavy atom. The highest BCUT2D eigenvalue weighted by molar-refractivity contribution is 7.08. The van der Waals surface area contributed by atoms with E-state index in [-0.39, 0.29) is 5.91 Å². The lowest BCUT2D eigenvalue weighted by Crippen LogP contribution is -2.37. The van der Waals surface area contributed by atoms with Crippen LogP contribution in [0.15, 0.2) is 41.4 Å². The number of hydrogen-bond donors (Lipinski definition) is 0. The molecule has 0 aliphatic carbocycles. The predicted octanol–water partition coefficient (Wildman–Crippen LogP) is 2.81. The van der Waals surface area contributed by atoms with Crippen molar-refractivity contribution < 1.29 is 4.79 Å². The third-order valence-electron chi connectivity index (χ3n) is 4.25. The van der Waals surface area contributed by atoms with Gasteiger partial charge in [-0.15, -0.1) is 0 Å². The molecule has 0 atom stereocenters. The van der Waals surface area contributed by atoms with Crippen LogP contribution in [0.2, 0.25) is 0 Å². The third kappa shape index (κ3) is 2.39. The maximum Gasteiger partial charge on any atom is 0.254 e. The van der Waals surface area contributed by atoms with Crippen LogP contribution in [0.4, 0.5) is 0 Å². The van der Waals surface area contributed by atoms with Crippen LogP contribution in [0.5, 0.6) is 0 Å². The van der Waals surface area contributed by atoms with Gasteiger partial charge in [0.25, 0.3) is 5.91 Å². The second kappa shape index (κ2) is 5.53. The molecule has 0 spiro atoms. The first-order valence-electron chi connectivity index (χ1n) is 7.43. The summed E-state index contributed by atoms with van der Waals surface area (Å²) in [7, 11) is 0. The average molecular weight is 312 g/mol. The molecule has 4 rings (SSSR count). The van der Waals surface area contributed by atoms with Gasteiger partial charge in [-0.25, -0.2) is 9.50 Å². The summed E-state index contributed by atoms with van der Waals surface area (Å²) in [6.45, 7) is 1.59. The van der Waals surface area contributed by atoms with Gasteiger partial charge >= 0.3 is 0 Å². The summed E-state index contributed by atoms with van der Waals surface area (Å²) in [6, 6.07) is 5.86. The highest BCUT2D eigenvalue weighted by Crippen LogP contribution is 2.27. The van der Waals surface area contributed by atoms with Crippen LogP contribution in [0, 0.1) is 0 Å². The molecule has 5 nitrogen and oxygen atoms in total. The molecule has 1 amide bonds. The molecule has 0 aromatic carbocycles. The summed E-state index contributed by atoms with van der Waals surface area (Å²) in [4.78, 5) is 19.0. The first kappa shape index (κ1) is 13.5. The fourth-order valence-electron chi connectivity index (χ4n) is 3.00. The van der Waals surface area contributed by atoms with Crippen molar-refractivity contribution in [2.24, 2.45) is 0 Å². The molecule has 0 N–H and O–H groups in total. The number of hydrogen-bond acceptors (Lipinski definition) is 4. The normalized spacial score (nSPS) is 16.3. The Morgan fingerprint density at radius 2 is 2.09 bits per heavy atom. The average Bonchev–Trinajstić information content (AvgIpc) is 3.25. The van der Waals surface area contributed by atoms with Crippen molar-refractivity contribution in [2.45, 2.75) is 18.8 Å². The Morgan fingerprint density at radius 3 is 2.86 bits per heavy atom. The zero-order valence-electron chi connectivity index (χ0n) is 12.1. The van der Waals surface area contributed by atoms with Crippen molar-refractivity contribution in [3.63, 3.8) is 0 Å². The van der Waals surface area contributed by atoms with E-state index in [1.807, 2.05) is 40.1 Å². The molecule has 0 bridgehead atoms. The number of carbonyl (C=O) groups is 1. The van der Waals surface area contributed by atoms with Crippen LogP contribution >= 0.6 is 11.3 Å². The molecule has 0 unspecified atom stereocenters. The molecule has 22 heavy (non-hydrogen) atoms. The largest absolute Gasteiger partial charge is 0.339 e. The minimum absolute atomic E-state index is 0.152. The van der Waals surface area contributed by atoms with Crippen molar-refractivity contribution in [3.05, 3.63) is 52.6 Å². The van der Waals surface area contributed by atoms with Crippen LogP contribution in [0.25, 0.3) is 5.65 Å². The molecule has 1 aliphatic heterocycles. The minimum atomic E-state index is 0.152. The Hall–Kier alpha value is -2.21. The van der Waals surface area contributed by atoms with Gasteiger partial charge in [-0.3, -0.25) is 4.79 Å². The van der Waals surface area contributed by atoms with Gasteiger partial charge in [0.15, 0.2) is 5.65 Å². The summed E-state index contributed by atoms with van der Waals surface area (Å²) < 4.78 is 1.78. The van der Waals surface area contributed by atoms with E-state index in [4.69, 9.17) is 0 Å². The van der Waals surface area contributed by atoms with Crippen molar-refractivity contribution in [2.75, 3.05) is 13.1 Å². The number of likely N-dealkylation sites (tertiary alicyclic amines) is 1. The van der Waals surface area contributed by atoms with Gasteiger partial charge in [-0.1, -0.05) is 0 Å². The van der Waals surface area contributed by atoms with Crippen molar-refractivity contribution >= 4 is 22.9 Å². The van der Waals surface area contributed by atoms with Gasteiger partial charge < -0.3 is 4.90 Å². The van der Waals surface area contributed by atoms with E-state index in [0.717, 1.165) is 42.8 Å². The predicted molar refractivity (Wildman–Crippen MR) is 85.2 cm³/mol. The standard InChI is InChI=1S/C16H16N4OS/c21-16(13-5-10-22-11-13)19-7-2-12(3-8-19)14-4-9-20-15(18-14)1-6-17-20/h1,4-6,9-12H,2-3,7-8H2. The number of aromatic nitrogens is 3. The van der Waals surface area contributed by atoms with Crippen LogP contribution in [-0.4, -0.2) is 38.5 Å². The topological polar surface area (TPSA) is 50.5 Å². The van der Waals surface area contributed by atoms with Gasteiger partial charge in [0.2, 0.25) is 0 Å². The quantitative estimate of drug-likeness (QED) is 0.731. The lowest BCUT2D eigenvalue weighted by Gasteiger charge is -2.31. The molecule has 0 radical (unpaired) electrons. The number of amides is 1. The van der Waals surface area contributed by atoms with E-state index in [1.165, 1.54) is 0 Å². The Kier molecular flexibility index (Phi) is 3.38. The van der Waals surface area contributed by atoms with Gasteiger partial charge in [-0.05, 0) is 30.4 Å². The van der Waals surface area contributed by atoms with Gasteiger partial charge in [-0.2, -0.15) is 16.4 Å². The highest BCUT2D eigenvalue weighted by atomic mass is 32.1. The molecule has 4 heterocycles. The van der Waals surface area contributed by atoms with Crippen molar-refractivity contribution in [1.82, 2.24) is 19.5 Å². The lowest BCUT2D eigenvalue weighted by molar-refractivity contribution is 0.0712. The molecular formula is C16H16N4OS. The molecule has 1 aliphatic rings. The number of rotatable bonds is 2. The number of nitrogens with zero attached hydrogens (tertiary/aromatic N) is 4. The summed E-state index contributed by atoms with van der Waals surface area (Å²) >= 11 is 1.57. The number of carbonyl (C=O) groups excluding carboxylic acids is 1. The van der Waals surface area contributed by atoms with E-state index in [0.29, 0.717) is 5.92 Å². The second-order valence-electron chi connectivity index (χ2n) is 5.56. The minimum Gasteiger partial charge on any atom is -0.339 e. The number of piperidine rings is 1. The molecule has 6 heteroatoms. The SMILES string of the molecule is O=C(c1ccsc1)N1CCC(c2ccn3nccc3n2)CC1. The maximum atomic E-state index is 12.3. The van der Waals surface area contributed by atoms with Gasteiger partial charge in [0, 0.05) is 42.3 Å². The Bertz CT molecular complexity index is 787. The second-order valence-corrected chi connectivity index (χ2v) is 6.34. The Balaban J connectivity index is 1.46. The van der Waals surface area contributed by atoms with E-state index in [2.05, 4.69) is 10.1 Å². The van der Waals surface area contributed by atoms with Crippen LogP contribution in [-0.2, 0) is 0 Å². The zero-order chi connectivity index (χ0) is 14.9. The van der Waals surface area contributed by atoms with Crippen molar-refractivity contribution in [3.8, 4) is 0 Å². The Labute approximate surface area is 132 Å². The van der Waals surface area contributed by atoms with Crippen LogP contribution in [0.3, 0.4) is 0 Å². The van der Waals surface area contributed by atoms with Crippen molar-refractivity contribution in [1.29, 1.82) is 0 Å². The number of thiophene rings is 1. The summed E-state index contributed by atoms with van der Waals surface area (Å²) in [5.74, 6) is 0.574. The fraction of sp³-hybridized carbons (Fsp3) is 0.312. The third-order valence-corrected chi connectivity index (χ3v) is 4.93. The van der Waals surface area contributed by atoms with E-state index in [1.54, 1.807) is 22.0 Å². The van der Waals surface area contributed by atoms with Crippen LogP contribution in [0.1, 0.15) is 34.8 Å². The molecular weight excluding hydrogens is 296 g/mol. The first-order valence-corrected chi connectivity index (χ1v) is 8.37. The summed E-state index contributed by atoms with van der Waals surface area (Å²) in [6.07, 6.45) is 5.65. The monoisotopic (exact) mass is 312 g/mol. The maximum absolute atomic E-state index is 12.3. The van der Waals surface area contributed by atoms with E-state index >= 15 is 0 Å². The van der Waals surface area contributed by atoms with Crippen LogP contribution < -0.4 is 0 Å².